The van der Waals surface area contributed by atoms with Crippen LogP contribution in [0.3, 0.4) is 0 Å². The molecule has 186 valence electrons. The van der Waals surface area contributed by atoms with Crippen molar-refractivity contribution >= 4 is 35.0 Å². The molecule has 3 aromatic rings. The van der Waals surface area contributed by atoms with Crippen LogP contribution in [0.15, 0.2) is 36.7 Å². The zero-order valence-corrected chi connectivity index (χ0v) is 20.5. The van der Waals surface area contributed by atoms with Gasteiger partial charge in [0.1, 0.15) is 18.6 Å². The van der Waals surface area contributed by atoms with E-state index in [1.807, 2.05) is 24.5 Å². The number of hydrogen-bond acceptors (Lipinski definition) is 9. The highest BCUT2D eigenvalue weighted by Gasteiger charge is 2.24. The Morgan fingerprint density at radius 1 is 1.14 bits per heavy atom. The van der Waals surface area contributed by atoms with E-state index in [-0.39, 0.29) is 5.92 Å². The van der Waals surface area contributed by atoms with Crippen LogP contribution < -0.4 is 25.2 Å². The third-order valence-corrected chi connectivity index (χ3v) is 7.41. The summed E-state index contributed by atoms with van der Waals surface area (Å²) >= 11 is 0. The summed E-state index contributed by atoms with van der Waals surface area (Å²) in [4.78, 5) is 29.8. The molecule has 0 saturated carbocycles. The van der Waals surface area contributed by atoms with Crippen LogP contribution in [0.25, 0.3) is 0 Å². The predicted molar refractivity (Wildman–Crippen MR) is 140 cm³/mol. The number of ether oxygens (including phenoxy) is 1. The summed E-state index contributed by atoms with van der Waals surface area (Å²) in [6.07, 6.45) is 7.67. The molecule has 0 radical (unpaired) electrons. The topological polar surface area (TPSA) is 95.5 Å². The van der Waals surface area contributed by atoms with Gasteiger partial charge in [0.25, 0.3) is 0 Å². The molecule has 9 heteroatoms. The molecule has 0 atom stereocenters. The maximum absolute atomic E-state index is 11.1. The van der Waals surface area contributed by atoms with E-state index in [1.54, 1.807) is 0 Å². The number of hydrogen-bond donors (Lipinski definition) is 2. The van der Waals surface area contributed by atoms with Gasteiger partial charge in [0.15, 0.2) is 0 Å². The first-order valence-corrected chi connectivity index (χ1v) is 12.7. The number of aromatic nitrogens is 3. The number of nitrogens with zero attached hydrogens (tertiary/aromatic N) is 5. The monoisotopic (exact) mass is 485 g/mol. The van der Waals surface area contributed by atoms with Gasteiger partial charge in [-0.25, -0.2) is 15.0 Å². The maximum Gasteiger partial charge on any atom is 0.237 e. The van der Waals surface area contributed by atoms with E-state index in [0.29, 0.717) is 25.0 Å². The van der Waals surface area contributed by atoms with Gasteiger partial charge in [-0.3, -0.25) is 0 Å². The highest BCUT2D eigenvalue weighted by atomic mass is 16.5. The average Bonchev–Trinajstić information content (AvgIpc) is 2.93. The lowest BCUT2D eigenvalue weighted by Gasteiger charge is -2.32. The van der Waals surface area contributed by atoms with E-state index >= 15 is 0 Å². The number of anilines is 5. The highest BCUT2D eigenvalue weighted by Crippen LogP contribution is 2.36. The van der Waals surface area contributed by atoms with Gasteiger partial charge in [-0.1, -0.05) is 6.07 Å². The Morgan fingerprint density at radius 3 is 2.89 bits per heavy atom. The maximum atomic E-state index is 11.1. The van der Waals surface area contributed by atoms with Crippen LogP contribution in [0.2, 0.25) is 0 Å². The summed E-state index contributed by atoms with van der Waals surface area (Å²) in [7, 11) is 0. The quantitative estimate of drug-likeness (QED) is 0.525. The smallest absolute Gasteiger partial charge is 0.237 e. The number of benzene rings is 1. The van der Waals surface area contributed by atoms with Gasteiger partial charge >= 0.3 is 0 Å². The molecule has 0 spiro atoms. The van der Waals surface area contributed by atoms with Crippen molar-refractivity contribution in [1.82, 2.24) is 15.0 Å². The van der Waals surface area contributed by atoms with Crippen molar-refractivity contribution in [3.05, 3.63) is 53.5 Å². The first kappa shape index (κ1) is 22.6. The first-order chi connectivity index (χ1) is 17.7. The summed E-state index contributed by atoms with van der Waals surface area (Å²) in [6.45, 7) is 6.96. The lowest BCUT2D eigenvalue weighted by Crippen LogP contribution is -2.34. The minimum Gasteiger partial charge on any atom is -0.474 e. The number of pyridine rings is 1. The fourth-order valence-corrected chi connectivity index (χ4v) is 5.30. The van der Waals surface area contributed by atoms with E-state index < -0.39 is 0 Å². The van der Waals surface area contributed by atoms with E-state index in [0.717, 1.165) is 85.7 Å². The van der Waals surface area contributed by atoms with Crippen LogP contribution in [-0.4, -0.2) is 54.0 Å². The van der Waals surface area contributed by atoms with E-state index in [9.17, 15) is 4.79 Å². The third-order valence-electron chi connectivity index (χ3n) is 7.41. The second-order valence-electron chi connectivity index (χ2n) is 9.70. The highest BCUT2D eigenvalue weighted by molar-refractivity contribution is 5.70. The van der Waals surface area contributed by atoms with Gasteiger partial charge in [0.2, 0.25) is 11.8 Å². The molecular formula is C27H31N7O2. The zero-order valence-electron chi connectivity index (χ0n) is 20.5. The third kappa shape index (κ3) is 4.41. The van der Waals surface area contributed by atoms with Crippen LogP contribution in [0.1, 0.15) is 29.7 Å². The number of rotatable bonds is 5. The Kier molecular flexibility index (Phi) is 6.04. The van der Waals surface area contributed by atoms with Crippen molar-refractivity contribution in [3.8, 4) is 5.88 Å². The number of nitrogens with one attached hydrogen (secondary N) is 2. The van der Waals surface area contributed by atoms with Gasteiger partial charge in [0.05, 0.1) is 24.1 Å². The van der Waals surface area contributed by atoms with Crippen molar-refractivity contribution < 1.29 is 9.53 Å². The minimum absolute atomic E-state index is 0.191. The van der Waals surface area contributed by atoms with E-state index in [1.165, 1.54) is 5.56 Å². The molecule has 1 aromatic carbocycles. The normalized spacial score (nSPS) is 17.5. The Balaban J connectivity index is 1.18. The van der Waals surface area contributed by atoms with E-state index in [2.05, 4.69) is 49.5 Å². The minimum atomic E-state index is 0.191. The second-order valence-corrected chi connectivity index (χ2v) is 9.70. The summed E-state index contributed by atoms with van der Waals surface area (Å²) < 4.78 is 5.69. The van der Waals surface area contributed by atoms with Crippen molar-refractivity contribution in [1.29, 1.82) is 0 Å². The standard InChI is InChI=1S/C27H31N7O2/c1-18-24(15-29-26-25(18)28-8-12-36-26)34-11-7-20-14-30-27(32-23(20)16-34)31-21-3-2-4-22(13-21)33-9-5-19(17-35)6-10-33/h2-4,13-15,17,19,28H,5-12,16H2,1H3,(H,30,31,32). The lowest BCUT2D eigenvalue weighted by molar-refractivity contribution is -0.111. The molecule has 0 bridgehead atoms. The second kappa shape index (κ2) is 9.64. The first-order valence-electron chi connectivity index (χ1n) is 12.7. The lowest BCUT2D eigenvalue weighted by atomic mass is 9.98. The molecule has 9 nitrogen and oxygen atoms in total. The Bertz CT molecular complexity index is 1270. The number of carbonyl (C=O) groups is 1. The largest absolute Gasteiger partial charge is 0.474 e. The summed E-state index contributed by atoms with van der Waals surface area (Å²) in [5, 5.41) is 6.83. The van der Waals surface area contributed by atoms with Crippen LogP contribution in [-0.2, 0) is 17.8 Å². The molecule has 2 aromatic heterocycles. The molecule has 2 N–H and O–H groups in total. The molecule has 36 heavy (non-hydrogen) atoms. The van der Waals surface area contributed by atoms with Gasteiger partial charge in [-0.2, -0.15) is 0 Å². The summed E-state index contributed by atoms with van der Waals surface area (Å²) in [6, 6.07) is 8.33. The Morgan fingerprint density at radius 2 is 2.03 bits per heavy atom. The molecule has 1 saturated heterocycles. The van der Waals surface area contributed by atoms with Crippen LogP contribution in [0, 0.1) is 12.8 Å². The molecular weight excluding hydrogens is 454 g/mol. The molecule has 6 rings (SSSR count). The average molecular weight is 486 g/mol. The summed E-state index contributed by atoms with van der Waals surface area (Å²) in [5.41, 5.74) is 7.59. The van der Waals surface area contributed by atoms with Crippen molar-refractivity contribution in [2.24, 2.45) is 5.92 Å². The fourth-order valence-electron chi connectivity index (χ4n) is 5.30. The Labute approximate surface area is 210 Å². The molecule has 5 heterocycles. The molecule has 0 amide bonds. The molecule has 0 unspecified atom stereocenters. The molecule has 0 aliphatic carbocycles. The van der Waals surface area contributed by atoms with Crippen molar-refractivity contribution in [2.45, 2.75) is 32.7 Å². The number of aldehydes is 1. The van der Waals surface area contributed by atoms with Crippen LogP contribution in [0.5, 0.6) is 5.88 Å². The Hall–Kier alpha value is -3.88. The number of fused-ring (bicyclic) bond motifs is 2. The van der Waals surface area contributed by atoms with Crippen LogP contribution >= 0.6 is 0 Å². The zero-order chi connectivity index (χ0) is 24.5. The molecule has 3 aliphatic heterocycles. The SMILES string of the molecule is Cc1c(N2CCc3cnc(Nc4cccc(N5CCC(C=O)CC5)c4)nc3C2)cnc2c1NCCO2. The number of carbonyl (C=O) groups excluding carboxylic acids is 1. The summed E-state index contributed by atoms with van der Waals surface area (Å²) in [5.74, 6) is 1.48. The van der Waals surface area contributed by atoms with Crippen molar-refractivity contribution in [3.63, 3.8) is 0 Å². The predicted octanol–water partition coefficient (Wildman–Crippen LogP) is 3.71. The van der Waals surface area contributed by atoms with Crippen LogP contribution in [0.4, 0.5) is 28.7 Å². The molecule has 1 fully saturated rings. The van der Waals surface area contributed by atoms with Crippen molar-refractivity contribution in [2.75, 3.05) is 53.2 Å². The van der Waals surface area contributed by atoms with E-state index in [4.69, 9.17) is 9.72 Å². The van der Waals surface area contributed by atoms with Gasteiger partial charge in [-0.05, 0) is 49.9 Å². The van der Waals surface area contributed by atoms with Gasteiger partial charge < -0.3 is 30.0 Å². The molecule has 3 aliphatic rings. The van der Waals surface area contributed by atoms with Gasteiger partial charge in [-0.15, -0.1) is 0 Å². The fraction of sp³-hybridized carbons (Fsp3) is 0.407. The van der Waals surface area contributed by atoms with Gasteiger partial charge in [0, 0.05) is 55.2 Å². The number of piperidine rings is 1.